The topological polar surface area (TPSA) is 73.1 Å². The molecule has 1 aromatic heterocycles. The highest BCUT2D eigenvalue weighted by molar-refractivity contribution is 5.45. The number of hydrogen-bond acceptors (Lipinski definition) is 5. The number of rotatable bonds is 5. The van der Waals surface area contributed by atoms with E-state index in [9.17, 15) is 0 Å². The van der Waals surface area contributed by atoms with Crippen molar-refractivity contribution in [2.24, 2.45) is 11.8 Å². The van der Waals surface area contributed by atoms with E-state index in [0.29, 0.717) is 11.7 Å². The van der Waals surface area contributed by atoms with Gasteiger partial charge in [-0.05, 0) is 32.1 Å². The SMILES string of the molecule is CCc1nc(C(OC)C2CC2)nc(NN)c1C. The summed E-state index contributed by atoms with van der Waals surface area (Å²) < 4.78 is 5.51. The van der Waals surface area contributed by atoms with Gasteiger partial charge in [0.15, 0.2) is 5.82 Å². The second-order valence-electron chi connectivity index (χ2n) is 4.49. The van der Waals surface area contributed by atoms with E-state index in [-0.39, 0.29) is 6.10 Å². The normalized spacial score (nSPS) is 16.9. The molecule has 1 heterocycles. The summed E-state index contributed by atoms with van der Waals surface area (Å²) in [6, 6.07) is 0. The van der Waals surface area contributed by atoms with Crippen LogP contribution in [0, 0.1) is 12.8 Å². The summed E-state index contributed by atoms with van der Waals surface area (Å²) in [6.45, 7) is 4.06. The molecule has 1 fully saturated rings. The van der Waals surface area contributed by atoms with E-state index in [1.165, 1.54) is 12.8 Å². The number of aromatic nitrogens is 2. The molecule has 0 aromatic carbocycles. The molecule has 1 saturated carbocycles. The Morgan fingerprint density at radius 1 is 1.47 bits per heavy atom. The van der Waals surface area contributed by atoms with Crippen LogP contribution in [0.15, 0.2) is 0 Å². The average molecular weight is 236 g/mol. The maximum absolute atomic E-state index is 5.51. The number of nitrogens with two attached hydrogens (primary N) is 1. The minimum atomic E-state index is 0.00741. The molecule has 17 heavy (non-hydrogen) atoms. The zero-order valence-corrected chi connectivity index (χ0v) is 10.7. The summed E-state index contributed by atoms with van der Waals surface area (Å²) >= 11 is 0. The van der Waals surface area contributed by atoms with Crippen LogP contribution in [0.3, 0.4) is 0 Å². The fraction of sp³-hybridized carbons (Fsp3) is 0.667. The maximum Gasteiger partial charge on any atom is 0.160 e. The van der Waals surface area contributed by atoms with Crippen molar-refractivity contribution >= 4 is 5.82 Å². The molecule has 1 aliphatic rings. The van der Waals surface area contributed by atoms with E-state index >= 15 is 0 Å². The van der Waals surface area contributed by atoms with E-state index in [2.05, 4.69) is 22.3 Å². The number of nitrogens with zero attached hydrogens (tertiary/aromatic N) is 2. The Hall–Kier alpha value is -1.20. The highest BCUT2D eigenvalue weighted by Gasteiger charge is 2.34. The van der Waals surface area contributed by atoms with Crippen LogP contribution in [-0.4, -0.2) is 17.1 Å². The van der Waals surface area contributed by atoms with Crippen molar-refractivity contribution in [2.75, 3.05) is 12.5 Å². The zero-order valence-electron chi connectivity index (χ0n) is 10.7. The third kappa shape index (κ3) is 2.40. The quantitative estimate of drug-likeness (QED) is 0.601. The molecular weight excluding hydrogens is 216 g/mol. The van der Waals surface area contributed by atoms with Crippen LogP contribution in [0.4, 0.5) is 5.82 Å². The van der Waals surface area contributed by atoms with Crippen molar-refractivity contribution < 1.29 is 4.74 Å². The number of nitrogens with one attached hydrogen (secondary N) is 1. The number of nitrogen functional groups attached to an aromatic ring is 1. The molecule has 3 N–H and O–H groups in total. The van der Waals surface area contributed by atoms with Gasteiger partial charge in [0.2, 0.25) is 0 Å². The molecule has 0 amide bonds. The molecule has 2 rings (SSSR count). The van der Waals surface area contributed by atoms with Gasteiger partial charge in [-0.25, -0.2) is 15.8 Å². The summed E-state index contributed by atoms with van der Waals surface area (Å²) in [5, 5.41) is 0. The third-order valence-electron chi connectivity index (χ3n) is 3.29. The highest BCUT2D eigenvalue weighted by atomic mass is 16.5. The Labute approximate surface area is 102 Å². The van der Waals surface area contributed by atoms with Gasteiger partial charge in [-0.1, -0.05) is 6.92 Å². The van der Waals surface area contributed by atoms with Crippen LogP contribution in [0.2, 0.25) is 0 Å². The monoisotopic (exact) mass is 236 g/mol. The van der Waals surface area contributed by atoms with E-state index in [1.807, 2.05) is 6.92 Å². The van der Waals surface area contributed by atoms with Crippen molar-refractivity contribution in [3.8, 4) is 0 Å². The molecule has 0 aliphatic heterocycles. The molecule has 1 aromatic rings. The fourth-order valence-electron chi connectivity index (χ4n) is 2.10. The van der Waals surface area contributed by atoms with Crippen molar-refractivity contribution in [1.29, 1.82) is 0 Å². The lowest BCUT2D eigenvalue weighted by molar-refractivity contribution is 0.0771. The molecule has 0 saturated heterocycles. The molecular formula is C12H20N4O. The van der Waals surface area contributed by atoms with Gasteiger partial charge < -0.3 is 10.2 Å². The van der Waals surface area contributed by atoms with E-state index in [4.69, 9.17) is 10.6 Å². The largest absolute Gasteiger partial charge is 0.373 e. The van der Waals surface area contributed by atoms with Crippen molar-refractivity contribution in [1.82, 2.24) is 9.97 Å². The predicted molar refractivity (Wildman–Crippen MR) is 66.4 cm³/mol. The van der Waals surface area contributed by atoms with Crippen LogP contribution >= 0.6 is 0 Å². The number of aryl methyl sites for hydroxylation is 1. The van der Waals surface area contributed by atoms with Gasteiger partial charge in [-0.2, -0.15) is 0 Å². The number of methoxy groups -OCH3 is 1. The zero-order chi connectivity index (χ0) is 12.4. The molecule has 5 heteroatoms. The van der Waals surface area contributed by atoms with Crippen LogP contribution in [-0.2, 0) is 11.2 Å². The number of hydrogen-bond donors (Lipinski definition) is 2. The highest BCUT2D eigenvalue weighted by Crippen LogP contribution is 2.42. The van der Waals surface area contributed by atoms with Gasteiger partial charge in [0.25, 0.3) is 0 Å². The van der Waals surface area contributed by atoms with E-state index < -0.39 is 0 Å². The lowest BCUT2D eigenvalue weighted by atomic mass is 10.1. The first-order valence-electron chi connectivity index (χ1n) is 6.08. The van der Waals surface area contributed by atoms with Crippen molar-refractivity contribution in [2.45, 2.75) is 39.2 Å². The number of anilines is 1. The Bertz CT molecular complexity index is 378. The van der Waals surface area contributed by atoms with Gasteiger partial charge in [-0.3, -0.25) is 0 Å². The molecule has 94 valence electrons. The lowest BCUT2D eigenvalue weighted by Gasteiger charge is -2.16. The van der Waals surface area contributed by atoms with Crippen LogP contribution < -0.4 is 11.3 Å². The second-order valence-corrected chi connectivity index (χ2v) is 4.49. The minimum Gasteiger partial charge on any atom is -0.373 e. The molecule has 1 unspecified atom stereocenters. The maximum atomic E-state index is 5.51. The molecule has 1 atom stereocenters. The average Bonchev–Trinajstić information content (AvgIpc) is 3.16. The van der Waals surface area contributed by atoms with Crippen LogP contribution in [0.5, 0.6) is 0 Å². The number of ether oxygens (including phenoxy) is 1. The third-order valence-corrected chi connectivity index (χ3v) is 3.29. The molecule has 0 bridgehead atoms. The molecule has 0 radical (unpaired) electrons. The van der Waals surface area contributed by atoms with Crippen molar-refractivity contribution in [3.05, 3.63) is 17.1 Å². The Morgan fingerprint density at radius 2 is 2.18 bits per heavy atom. The van der Waals surface area contributed by atoms with E-state index in [1.54, 1.807) is 7.11 Å². The van der Waals surface area contributed by atoms with Gasteiger partial charge in [0.05, 0.1) is 0 Å². The van der Waals surface area contributed by atoms with Crippen molar-refractivity contribution in [3.63, 3.8) is 0 Å². The van der Waals surface area contributed by atoms with Crippen LogP contribution in [0.25, 0.3) is 0 Å². The van der Waals surface area contributed by atoms with Gasteiger partial charge in [0, 0.05) is 18.4 Å². The summed E-state index contributed by atoms with van der Waals surface area (Å²) in [7, 11) is 1.72. The fourth-order valence-corrected chi connectivity index (χ4v) is 2.10. The standard InChI is InChI=1S/C12H20N4O/c1-4-9-7(2)11(16-13)15-12(14-9)10(17-3)8-5-6-8/h8,10H,4-6,13H2,1-3H3,(H,14,15,16). The smallest absolute Gasteiger partial charge is 0.160 e. The second kappa shape index (κ2) is 4.98. The first-order valence-corrected chi connectivity index (χ1v) is 6.08. The summed E-state index contributed by atoms with van der Waals surface area (Å²) in [5.74, 6) is 7.52. The Morgan fingerprint density at radius 3 is 2.65 bits per heavy atom. The number of hydrazine groups is 1. The first kappa shape index (κ1) is 12.3. The first-order chi connectivity index (χ1) is 8.21. The minimum absolute atomic E-state index is 0.00741. The van der Waals surface area contributed by atoms with Gasteiger partial charge >= 0.3 is 0 Å². The molecule has 1 aliphatic carbocycles. The van der Waals surface area contributed by atoms with Gasteiger partial charge in [0.1, 0.15) is 11.9 Å². The summed E-state index contributed by atoms with van der Waals surface area (Å²) in [4.78, 5) is 9.06. The van der Waals surface area contributed by atoms with Gasteiger partial charge in [-0.15, -0.1) is 0 Å². The summed E-state index contributed by atoms with van der Waals surface area (Å²) in [5.41, 5.74) is 4.69. The Balaban J connectivity index is 2.38. The predicted octanol–water partition coefficient (Wildman–Crippen LogP) is 1.73. The lowest BCUT2D eigenvalue weighted by Crippen LogP contribution is -2.17. The molecule has 0 spiro atoms. The Kier molecular flexibility index (Phi) is 3.59. The molecule has 5 nitrogen and oxygen atoms in total. The van der Waals surface area contributed by atoms with E-state index in [0.717, 1.165) is 23.5 Å². The summed E-state index contributed by atoms with van der Waals surface area (Å²) in [6.07, 6.45) is 3.27. The van der Waals surface area contributed by atoms with Crippen LogP contribution in [0.1, 0.15) is 43.0 Å².